The summed E-state index contributed by atoms with van der Waals surface area (Å²) in [6.07, 6.45) is 4.75. The van der Waals surface area contributed by atoms with E-state index in [4.69, 9.17) is 9.47 Å². The van der Waals surface area contributed by atoms with Gasteiger partial charge in [-0.2, -0.15) is 0 Å². The number of rotatable bonds is 5. The van der Waals surface area contributed by atoms with Crippen LogP contribution in [0.3, 0.4) is 0 Å². The summed E-state index contributed by atoms with van der Waals surface area (Å²) in [6, 6.07) is 10.3. The molecule has 0 saturated carbocycles. The Hall–Kier alpha value is -0.860. The molecule has 0 bridgehead atoms. The Morgan fingerprint density at radius 1 is 1.24 bits per heavy atom. The van der Waals surface area contributed by atoms with Crippen molar-refractivity contribution in [2.24, 2.45) is 0 Å². The van der Waals surface area contributed by atoms with Crippen LogP contribution in [0, 0.1) is 0 Å². The number of benzene rings is 1. The van der Waals surface area contributed by atoms with Crippen molar-refractivity contribution in [3.63, 3.8) is 0 Å². The summed E-state index contributed by atoms with van der Waals surface area (Å²) in [7, 11) is 0. The van der Waals surface area contributed by atoms with E-state index < -0.39 is 0 Å². The molecule has 1 heterocycles. The van der Waals surface area contributed by atoms with Gasteiger partial charge in [0.15, 0.2) is 5.79 Å². The lowest BCUT2D eigenvalue weighted by atomic mass is 10.1. The third kappa shape index (κ3) is 3.30. The molecule has 0 N–H and O–H groups in total. The molecule has 1 aromatic carbocycles. The molecule has 1 aliphatic heterocycles. The van der Waals surface area contributed by atoms with Gasteiger partial charge < -0.3 is 9.47 Å². The van der Waals surface area contributed by atoms with E-state index in [1.54, 1.807) is 0 Å². The van der Waals surface area contributed by atoms with Gasteiger partial charge in [0.05, 0.1) is 6.61 Å². The summed E-state index contributed by atoms with van der Waals surface area (Å²) in [4.78, 5) is 0. The van der Waals surface area contributed by atoms with Gasteiger partial charge in [-0.05, 0) is 18.9 Å². The summed E-state index contributed by atoms with van der Waals surface area (Å²) in [5.74, 6) is -0.379. The topological polar surface area (TPSA) is 18.5 Å². The van der Waals surface area contributed by atoms with E-state index in [0.29, 0.717) is 6.61 Å². The minimum Gasteiger partial charge on any atom is -0.347 e. The summed E-state index contributed by atoms with van der Waals surface area (Å²) < 4.78 is 11.9. The zero-order valence-corrected chi connectivity index (χ0v) is 10.8. The molecule has 2 rings (SSSR count). The normalized spacial score (nSPS) is 28.5. The molecule has 0 radical (unpaired) electrons. The van der Waals surface area contributed by atoms with Crippen LogP contribution < -0.4 is 0 Å². The van der Waals surface area contributed by atoms with Gasteiger partial charge in [-0.25, -0.2) is 0 Å². The molecule has 1 aromatic rings. The van der Waals surface area contributed by atoms with Gasteiger partial charge in [0.25, 0.3) is 0 Å². The largest absolute Gasteiger partial charge is 0.347 e. The molecule has 1 fully saturated rings. The Kier molecular flexibility index (Phi) is 4.19. The van der Waals surface area contributed by atoms with Crippen LogP contribution in [0.4, 0.5) is 0 Å². The second kappa shape index (κ2) is 5.65. The molecule has 17 heavy (non-hydrogen) atoms. The molecule has 0 aromatic heterocycles. The van der Waals surface area contributed by atoms with Crippen molar-refractivity contribution in [1.82, 2.24) is 0 Å². The first-order chi connectivity index (χ1) is 8.23. The van der Waals surface area contributed by atoms with Gasteiger partial charge in [0.1, 0.15) is 6.10 Å². The molecule has 0 aliphatic carbocycles. The SMILES string of the molecule is CCCCC[C@@]1(C)OC[C@@H](c2ccccc2)O1. The van der Waals surface area contributed by atoms with Gasteiger partial charge in [0.2, 0.25) is 0 Å². The van der Waals surface area contributed by atoms with Gasteiger partial charge in [-0.3, -0.25) is 0 Å². The van der Waals surface area contributed by atoms with Crippen molar-refractivity contribution >= 4 is 0 Å². The van der Waals surface area contributed by atoms with E-state index in [9.17, 15) is 0 Å². The van der Waals surface area contributed by atoms with Gasteiger partial charge in [-0.1, -0.05) is 50.1 Å². The van der Waals surface area contributed by atoms with Crippen molar-refractivity contribution in [3.8, 4) is 0 Å². The Balaban J connectivity index is 1.90. The summed E-state index contributed by atoms with van der Waals surface area (Å²) >= 11 is 0. The smallest absolute Gasteiger partial charge is 0.166 e. The van der Waals surface area contributed by atoms with E-state index in [1.165, 1.54) is 24.8 Å². The summed E-state index contributed by atoms with van der Waals surface area (Å²) in [5, 5.41) is 0. The highest BCUT2D eigenvalue weighted by molar-refractivity contribution is 5.18. The third-order valence-corrected chi connectivity index (χ3v) is 3.34. The maximum Gasteiger partial charge on any atom is 0.166 e. The predicted octanol–water partition coefficient (Wildman–Crippen LogP) is 4.07. The van der Waals surface area contributed by atoms with Crippen molar-refractivity contribution in [2.75, 3.05) is 6.61 Å². The van der Waals surface area contributed by atoms with E-state index in [0.717, 1.165) is 6.42 Å². The van der Waals surface area contributed by atoms with Crippen LogP contribution in [0.15, 0.2) is 30.3 Å². The fourth-order valence-corrected chi connectivity index (χ4v) is 2.28. The van der Waals surface area contributed by atoms with E-state index in [2.05, 4.69) is 26.0 Å². The first-order valence-electron chi connectivity index (χ1n) is 6.60. The standard InChI is InChI=1S/C15H22O2/c1-3-4-8-11-15(2)16-12-14(17-15)13-9-6-5-7-10-13/h5-7,9-10,14H,3-4,8,11-12H2,1-2H3/t14-,15-/m0/s1. The van der Waals surface area contributed by atoms with Crippen LogP contribution in [0.5, 0.6) is 0 Å². The maximum atomic E-state index is 6.06. The number of ether oxygens (including phenoxy) is 2. The molecule has 94 valence electrons. The maximum absolute atomic E-state index is 6.06. The average Bonchev–Trinajstić information content (AvgIpc) is 2.74. The minimum absolute atomic E-state index is 0.0998. The molecule has 1 saturated heterocycles. The highest BCUT2D eigenvalue weighted by Gasteiger charge is 2.37. The lowest BCUT2D eigenvalue weighted by Gasteiger charge is -2.23. The minimum atomic E-state index is -0.379. The van der Waals surface area contributed by atoms with E-state index in [1.807, 2.05) is 18.2 Å². The highest BCUT2D eigenvalue weighted by Crippen LogP contribution is 2.36. The number of hydrogen-bond acceptors (Lipinski definition) is 2. The molecular formula is C15H22O2. The Bertz CT molecular complexity index is 336. The van der Waals surface area contributed by atoms with Crippen molar-refractivity contribution in [3.05, 3.63) is 35.9 Å². The third-order valence-electron chi connectivity index (χ3n) is 3.34. The molecule has 1 aliphatic rings. The quantitative estimate of drug-likeness (QED) is 0.715. The lowest BCUT2D eigenvalue weighted by molar-refractivity contribution is -0.159. The molecule has 0 amide bonds. The predicted molar refractivity (Wildman–Crippen MR) is 68.8 cm³/mol. The first kappa shape index (κ1) is 12.6. The fraction of sp³-hybridized carbons (Fsp3) is 0.600. The second-order valence-corrected chi connectivity index (χ2v) is 4.92. The van der Waals surface area contributed by atoms with E-state index >= 15 is 0 Å². The zero-order chi connectivity index (χ0) is 12.1. The lowest BCUT2D eigenvalue weighted by Crippen LogP contribution is -2.25. The molecule has 2 heteroatoms. The van der Waals surface area contributed by atoms with Gasteiger partial charge in [-0.15, -0.1) is 0 Å². The number of unbranched alkanes of at least 4 members (excludes halogenated alkanes) is 2. The zero-order valence-electron chi connectivity index (χ0n) is 10.8. The molecular weight excluding hydrogens is 212 g/mol. The monoisotopic (exact) mass is 234 g/mol. The van der Waals surface area contributed by atoms with Crippen molar-refractivity contribution in [2.45, 2.75) is 51.4 Å². The fourth-order valence-electron chi connectivity index (χ4n) is 2.28. The summed E-state index contributed by atoms with van der Waals surface area (Å²) in [6.45, 7) is 4.95. The number of hydrogen-bond donors (Lipinski definition) is 0. The van der Waals surface area contributed by atoms with E-state index in [-0.39, 0.29) is 11.9 Å². The Morgan fingerprint density at radius 3 is 2.71 bits per heavy atom. The molecule has 0 spiro atoms. The van der Waals surface area contributed by atoms with Crippen LogP contribution in [-0.4, -0.2) is 12.4 Å². The highest BCUT2D eigenvalue weighted by atomic mass is 16.7. The Labute approximate surface area is 104 Å². The molecule has 0 unspecified atom stereocenters. The van der Waals surface area contributed by atoms with Crippen LogP contribution >= 0.6 is 0 Å². The first-order valence-corrected chi connectivity index (χ1v) is 6.60. The average molecular weight is 234 g/mol. The Morgan fingerprint density at radius 2 is 2.00 bits per heavy atom. The van der Waals surface area contributed by atoms with Gasteiger partial charge >= 0.3 is 0 Å². The van der Waals surface area contributed by atoms with Crippen LogP contribution in [0.1, 0.15) is 51.2 Å². The van der Waals surface area contributed by atoms with Crippen LogP contribution in [0.2, 0.25) is 0 Å². The summed E-state index contributed by atoms with van der Waals surface area (Å²) in [5.41, 5.74) is 1.21. The van der Waals surface area contributed by atoms with Gasteiger partial charge in [0, 0.05) is 6.42 Å². The molecule has 2 atom stereocenters. The van der Waals surface area contributed by atoms with Crippen LogP contribution in [-0.2, 0) is 9.47 Å². The van der Waals surface area contributed by atoms with Crippen LogP contribution in [0.25, 0.3) is 0 Å². The second-order valence-electron chi connectivity index (χ2n) is 4.92. The van der Waals surface area contributed by atoms with Crippen molar-refractivity contribution < 1.29 is 9.47 Å². The van der Waals surface area contributed by atoms with Crippen molar-refractivity contribution in [1.29, 1.82) is 0 Å². The molecule has 2 nitrogen and oxygen atoms in total.